The first-order chi connectivity index (χ1) is 19.4. The van der Waals surface area contributed by atoms with Crippen molar-refractivity contribution in [2.45, 2.75) is 100 Å². The molecule has 2 heterocycles. The molecule has 0 unspecified atom stereocenters. The Morgan fingerprint density at radius 3 is 2.10 bits per heavy atom. The Balaban J connectivity index is 2.07. The molecule has 1 amide bonds. The fourth-order valence-corrected chi connectivity index (χ4v) is 6.12. The van der Waals surface area contributed by atoms with E-state index in [0.29, 0.717) is 6.42 Å². The van der Waals surface area contributed by atoms with Crippen LogP contribution in [0.1, 0.15) is 39.0 Å². The van der Waals surface area contributed by atoms with Crippen molar-refractivity contribution in [3.05, 3.63) is 0 Å². The van der Waals surface area contributed by atoms with Gasteiger partial charge in [0.1, 0.15) is 48.8 Å². The Kier molecular flexibility index (Phi) is 16.6. The van der Waals surface area contributed by atoms with Crippen molar-refractivity contribution >= 4 is 40.7 Å². The summed E-state index contributed by atoms with van der Waals surface area (Å²) in [4.78, 5) is 11.9. The van der Waals surface area contributed by atoms with E-state index in [1.807, 2.05) is 0 Å². The number of hydrogen-bond donors (Lipinski definition) is 7. The topological polar surface area (TPSA) is 234 Å². The summed E-state index contributed by atoms with van der Waals surface area (Å²) in [6.07, 6.45) is -9.52. The largest absolute Gasteiger partial charge is 0.726 e. The van der Waals surface area contributed by atoms with Gasteiger partial charge < -0.3 is 54.3 Å². The Hall–Kier alpha value is -0.320. The zero-order chi connectivity index (χ0) is 30.6. The van der Waals surface area contributed by atoms with Gasteiger partial charge in [-0.1, -0.05) is 12.8 Å². The molecule has 10 atom stereocenters. The van der Waals surface area contributed by atoms with Crippen LogP contribution in [0.3, 0.4) is 0 Å². The standard InChI is InChI=1S/C23H43NO14S3/c1-13(27)24-16-20(38-41(31,32)33)17(28)14(11-25)35-22(16)37-21-18(29)15(12-26)36-23(19(21)30)34-7-6-10-40-9-5-3-2-4-8-39/h14-23,25-26,28-30,39H,2-12H2,1H3,(H,24,27)(H,31,32,33)/p-1/t14-,15+,16-,17-,18-,19+,20-,21-,22+,23-/m1/s1. The smallest absolute Gasteiger partial charge is 0.218 e. The molecule has 6 N–H and O–H groups in total. The monoisotopic (exact) mass is 652 g/mol. The van der Waals surface area contributed by atoms with Gasteiger partial charge in [0.05, 0.1) is 19.8 Å². The number of carbonyl (C=O) groups excluding carboxylic acids is 1. The molecule has 0 radical (unpaired) electrons. The van der Waals surface area contributed by atoms with Gasteiger partial charge >= 0.3 is 0 Å². The minimum atomic E-state index is -5.41. The third kappa shape index (κ3) is 11.9. The third-order valence-corrected chi connectivity index (χ3v) is 8.41. The van der Waals surface area contributed by atoms with Crippen LogP contribution in [-0.2, 0) is 38.3 Å². The first-order valence-corrected chi connectivity index (χ1v) is 16.5. The number of unbranched alkanes of at least 4 members (excludes halogenated alkanes) is 3. The van der Waals surface area contributed by atoms with Crippen LogP contribution in [0.25, 0.3) is 0 Å². The lowest BCUT2D eigenvalue weighted by atomic mass is 9.95. The maximum atomic E-state index is 11.9. The van der Waals surface area contributed by atoms with Gasteiger partial charge in [-0.15, -0.1) is 0 Å². The van der Waals surface area contributed by atoms with Crippen molar-refractivity contribution in [2.24, 2.45) is 0 Å². The van der Waals surface area contributed by atoms with Gasteiger partial charge in [-0.05, 0) is 36.5 Å². The molecule has 15 nitrogen and oxygen atoms in total. The minimum absolute atomic E-state index is 0.180. The van der Waals surface area contributed by atoms with Crippen molar-refractivity contribution < 1.29 is 66.4 Å². The fraction of sp³-hybridized carbons (Fsp3) is 0.957. The highest BCUT2D eigenvalue weighted by Crippen LogP contribution is 2.31. The van der Waals surface area contributed by atoms with Gasteiger partial charge in [0.25, 0.3) is 0 Å². The molecule has 0 aliphatic carbocycles. The van der Waals surface area contributed by atoms with Crippen LogP contribution in [0.5, 0.6) is 0 Å². The van der Waals surface area contributed by atoms with Crippen molar-refractivity contribution in [1.29, 1.82) is 0 Å². The van der Waals surface area contributed by atoms with Crippen LogP contribution >= 0.6 is 24.4 Å². The lowest BCUT2D eigenvalue weighted by Crippen LogP contribution is -2.68. The Labute approximate surface area is 249 Å². The van der Waals surface area contributed by atoms with Gasteiger partial charge in [-0.25, -0.2) is 8.42 Å². The molecule has 18 heteroatoms. The summed E-state index contributed by atoms with van der Waals surface area (Å²) in [5, 5.41) is 53.8. The highest BCUT2D eigenvalue weighted by molar-refractivity contribution is 7.99. The first kappa shape index (κ1) is 36.9. The number of nitrogens with one attached hydrogen (secondary N) is 1. The van der Waals surface area contributed by atoms with E-state index in [4.69, 9.17) is 18.9 Å². The van der Waals surface area contributed by atoms with E-state index in [2.05, 4.69) is 22.1 Å². The molecule has 2 aliphatic heterocycles. The van der Waals surface area contributed by atoms with E-state index in [1.54, 1.807) is 11.8 Å². The maximum absolute atomic E-state index is 11.9. The van der Waals surface area contributed by atoms with Gasteiger partial charge in [-0.3, -0.25) is 8.98 Å². The molecule has 0 aromatic heterocycles. The Morgan fingerprint density at radius 2 is 1.51 bits per heavy atom. The average molecular weight is 653 g/mol. The lowest BCUT2D eigenvalue weighted by Gasteiger charge is -2.47. The molecule has 2 rings (SSSR count). The summed E-state index contributed by atoms with van der Waals surface area (Å²) < 4.78 is 60.9. The molecule has 2 aliphatic rings. The van der Waals surface area contributed by atoms with Crippen LogP contribution < -0.4 is 5.32 Å². The van der Waals surface area contributed by atoms with Crippen molar-refractivity contribution in [3.8, 4) is 0 Å². The molecule has 0 bridgehead atoms. The number of hydrogen-bond acceptors (Lipinski definition) is 16. The Morgan fingerprint density at radius 1 is 0.927 bits per heavy atom. The molecule has 2 fully saturated rings. The molecule has 0 aromatic carbocycles. The van der Waals surface area contributed by atoms with Gasteiger partial charge in [0.2, 0.25) is 16.3 Å². The zero-order valence-electron chi connectivity index (χ0n) is 22.7. The second-order valence-corrected chi connectivity index (χ2v) is 12.4. The number of thioether (sulfide) groups is 1. The van der Waals surface area contributed by atoms with Crippen LogP contribution in [0.15, 0.2) is 0 Å². The maximum Gasteiger partial charge on any atom is 0.218 e. The van der Waals surface area contributed by atoms with E-state index in [1.165, 1.54) is 0 Å². The normalized spacial score (nSPS) is 34.4. The van der Waals surface area contributed by atoms with Crippen molar-refractivity contribution in [2.75, 3.05) is 37.1 Å². The summed E-state index contributed by atoms with van der Waals surface area (Å²) >= 11 is 5.96. The SMILES string of the molecule is CC(=O)N[C@H]1[C@H](O[C@H]2[C@H](O)[C@H](OCCCSCCCCCCS)O[C@@H](CO)[C@H]2O)O[C@H](CO)[C@@H](O)[C@@H]1OS(=O)(=O)[O-]. The number of rotatable bonds is 18. The number of thiol groups is 1. The van der Waals surface area contributed by atoms with E-state index in [9.17, 15) is 43.3 Å². The lowest BCUT2D eigenvalue weighted by molar-refractivity contribution is -0.346. The molecular formula is C23H42NO14S3-. The van der Waals surface area contributed by atoms with Gasteiger partial charge in [-0.2, -0.15) is 24.4 Å². The second-order valence-electron chi connectivity index (χ2n) is 9.69. The van der Waals surface area contributed by atoms with Crippen LogP contribution in [0.2, 0.25) is 0 Å². The predicted molar refractivity (Wildman–Crippen MR) is 147 cm³/mol. The molecule has 0 aromatic rings. The summed E-state index contributed by atoms with van der Waals surface area (Å²) in [5.74, 6) is 1.93. The van der Waals surface area contributed by atoms with E-state index < -0.39 is 90.9 Å². The van der Waals surface area contributed by atoms with E-state index in [0.717, 1.165) is 49.9 Å². The van der Waals surface area contributed by atoms with Gasteiger partial charge in [0, 0.05) is 6.92 Å². The zero-order valence-corrected chi connectivity index (χ0v) is 25.3. The highest BCUT2D eigenvalue weighted by Gasteiger charge is 2.52. The number of carbonyl (C=O) groups is 1. The highest BCUT2D eigenvalue weighted by atomic mass is 32.3. The molecule has 242 valence electrons. The van der Waals surface area contributed by atoms with Crippen molar-refractivity contribution in [3.63, 3.8) is 0 Å². The second kappa shape index (κ2) is 18.5. The number of aliphatic hydroxyl groups excluding tert-OH is 5. The number of aliphatic hydroxyl groups is 5. The molecule has 0 spiro atoms. The van der Waals surface area contributed by atoms with Crippen LogP contribution in [0.4, 0.5) is 0 Å². The summed E-state index contributed by atoms with van der Waals surface area (Å²) in [7, 11) is -5.41. The molecular weight excluding hydrogens is 610 g/mol. The van der Waals surface area contributed by atoms with E-state index >= 15 is 0 Å². The molecule has 0 saturated carbocycles. The average Bonchev–Trinajstić information content (AvgIpc) is 2.91. The van der Waals surface area contributed by atoms with Crippen LogP contribution in [-0.4, -0.2) is 143 Å². The predicted octanol–water partition coefficient (Wildman–Crippen LogP) is -2.13. The molecule has 41 heavy (non-hydrogen) atoms. The van der Waals surface area contributed by atoms with Crippen molar-refractivity contribution in [1.82, 2.24) is 5.32 Å². The number of ether oxygens (including phenoxy) is 4. The minimum Gasteiger partial charge on any atom is -0.726 e. The fourth-order valence-electron chi connectivity index (χ4n) is 4.46. The van der Waals surface area contributed by atoms with E-state index in [-0.39, 0.29) is 6.61 Å². The van der Waals surface area contributed by atoms with Gasteiger partial charge in [0.15, 0.2) is 12.6 Å². The summed E-state index contributed by atoms with van der Waals surface area (Å²) in [6, 6.07) is -1.64. The quantitative estimate of drug-likeness (QED) is 0.0363. The molecule has 2 saturated heterocycles. The third-order valence-electron chi connectivity index (χ3n) is 6.48. The van der Waals surface area contributed by atoms with Crippen LogP contribution in [0, 0.1) is 0 Å². The number of amides is 1. The first-order valence-electron chi connectivity index (χ1n) is 13.4. The Bertz CT molecular complexity index is 871. The summed E-state index contributed by atoms with van der Waals surface area (Å²) in [6.45, 7) is -0.324. The summed E-state index contributed by atoms with van der Waals surface area (Å²) in [5.41, 5.74) is 0.